The van der Waals surface area contributed by atoms with Gasteiger partial charge >= 0.3 is 0 Å². The van der Waals surface area contributed by atoms with Gasteiger partial charge in [-0.2, -0.15) is 8.42 Å². The predicted molar refractivity (Wildman–Crippen MR) is 53.5 cm³/mol. The van der Waals surface area contributed by atoms with Gasteiger partial charge in [0, 0.05) is 6.42 Å². The summed E-state index contributed by atoms with van der Waals surface area (Å²) in [6.07, 6.45) is 5.90. The highest BCUT2D eigenvalue weighted by Crippen LogP contribution is 2.23. The Hall–Kier alpha value is -0.610. The first kappa shape index (κ1) is 12.5. The molecule has 1 rings (SSSR count). The fourth-order valence-corrected chi connectivity index (χ4v) is 2.08. The summed E-state index contributed by atoms with van der Waals surface area (Å²) < 4.78 is 37.1. The molecule has 1 atom stereocenters. The van der Waals surface area contributed by atoms with Crippen LogP contribution in [0.1, 0.15) is 13.3 Å². The quantitative estimate of drug-likeness (QED) is 0.510. The Morgan fingerprint density at radius 1 is 1.53 bits per heavy atom. The molecule has 1 saturated heterocycles. The van der Waals surface area contributed by atoms with E-state index in [9.17, 15) is 8.42 Å². The van der Waals surface area contributed by atoms with Gasteiger partial charge in [-0.1, -0.05) is 5.92 Å². The van der Waals surface area contributed by atoms with Crippen molar-refractivity contribution in [2.45, 2.75) is 25.2 Å². The van der Waals surface area contributed by atoms with Crippen LogP contribution in [0.25, 0.3) is 0 Å². The van der Waals surface area contributed by atoms with Crippen LogP contribution in [0.4, 0.5) is 0 Å². The third kappa shape index (κ3) is 4.18. The lowest BCUT2D eigenvalue weighted by molar-refractivity contribution is -0.0746. The summed E-state index contributed by atoms with van der Waals surface area (Å²) in [7, 11) is -3.59. The molecule has 6 heteroatoms. The Kier molecular flexibility index (Phi) is 3.73. The zero-order valence-corrected chi connectivity index (χ0v) is 9.54. The van der Waals surface area contributed by atoms with Gasteiger partial charge < -0.3 is 9.47 Å². The van der Waals surface area contributed by atoms with E-state index in [0.717, 1.165) is 6.26 Å². The maximum atomic E-state index is 11.0. The van der Waals surface area contributed by atoms with Gasteiger partial charge in [-0.15, -0.1) is 6.42 Å². The summed E-state index contributed by atoms with van der Waals surface area (Å²) in [5.41, 5.74) is -1.22. The molecule has 15 heavy (non-hydrogen) atoms. The highest BCUT2D eigenvalue weighted by atomic mass is 32.2. The minimum Gasteiger partial charge on any atom is -0.350 e. The lowest BCUT2D eigenvalue weighted by Gasteiger charge is -2.24. The van der Waals surface area contributed by atoms with Gasteiger partial charge in [0.15, 0.2) is 6.29 Å². The van der Waals surface area contributed by atoms with Crippen LogP contribution in [0.2, 0.25) is 0 Å². The van der Waals surface area contributed by atoms with Crippen LogP contribution < -0.4 is 0 Å². The minimum absolute atomic E-state index is 0.191. The molecular weight excluding hydrogens is 220 g/mol. The van der Waals surface area contributed by atoms with E-state index < -0.39 is 22.0 Å². The predicted octanol–water partition coefficient (Wildman–Crippen LogP) is 0.118. The number of hydrogen-bond acceptors (Lipinski definition) is 5. The van der Waals surface area contributed by atoms with E-state index in [1.165, 1.54) is 6.92 Å². The van der Waals surface area contributed by atoms with Gasteiger partial charge in [0.2, 0.25) is 0 Å². The van der Waals surface area contributed by atoms with Crippen LogP contribution in [0.15, 0.2) is 0 Å². The normalized spacial score (nSPS) is 22.2. The maximum Gasteiger partial charge on any atom is 0.265 e. The lowest BCUT2D eigenvalue weighted by atomic mass is 10.0. The summed E-state index contributed by atoms with van der Waals surface area (Å²) in [4.78, 5) is 0. The topological polar surface area (TPSA) is 61.8 Å². The van der Waals surface area contributed by atoms with Gasteiger partial charge in [-0.05, 0) is 6.92 Å². The zero-order chi connectivity index (χ0) is 11.5. The van der Waals surface area contributed by atoms with Gasteiger partial charge in [-0.3, -0.25) is 4.18 Å². The summed E-state index contributed by atoms with van der Waals surface area (Å²) >= 11 is 0. The van der Waals surface area contributed by atoms with Gasteiger partial charge in [0.25, 0.3) is 10.1 Å². The monoisotopic (exact) mass is 234 g/mol. The van der Waals surface area contributed by atoms with Crippen molar-refractivity contribution in [3.8, 4) is 12.3 Å². The SMILES string of the molecule is C#CC(C)(CC1OCCO1)OS(C)(=O)=O. The van der Waals surface area contributed by atoms with Crippen LogP contribution in [0.5, 0.6) is 0 Å². The second kappa shape index (κ2) is 4.49. The van der Waals surface area contributed by atoms with Crippen LogP contribution in [0.3, 0.4) is 0 Å². The highest BCUT2D eigenvalue weighted by Gasteiger charge is 2.33. The standard InChI is InChI=1S/C9H14O5S/c1-4-9(2,14-15(3,10)11)7-8-12-5-6-13-8/h1,8H,5-7H2,2-3H3. The molecule has 0 N–H and O–H groups in total. The first-order chi connectivity index (χ1) is 6.85. The van der Waals surface area contributed by atoms with E-state index in [1.807, 2.05) is 0 Å². The first-order valence-electron chi connectivity index (χ1n) is 4.46. The Morgan fingerprint density at radius 3 is 2.47 bits per heavy atom. The number of ether oxygens (including phenoxy) is 2. The summed E-state index contributed by atoms with van der Waals surface area (Å²) in [6, 6.07) is 0. The minimum atomic E-state index is -3.59. The molecular formula is C9H14O5S. The summed E-state index contributed by atoms with van der Waals surface area (Å²) in [5.74, 6) is 2.30. The molecule has 0 radical (unpaired) electrons. The van der Waals surface area contributed by atoms with Crippen molar-refractivity contribution in [2.24, 2.45) is 0 Å². The molecule has 86 valence electrons. The van der Waals surface area contributed by atoms with Crippen molar-refractivity contribution in [3.05, 3.63) is 0 Å². The molecule has 1 heterocycles. The number of rotatable bonds is 4. The van der Waals surface area contributed by atoms with Crippen molar-refractivity contribution in [1.82, 2.24) is 0 Å². The second-order valence-corrected chi connectivity index (χ2v) is 5.11. The zero-order valence-electron chi connectivity index (χ0n) is 8.73. The van der Waals surface area contributed by atoms with E-state index in [-0.39, 0.29) is 6.42 Å². The Balaban J connectivity index is 2.64. The Morgan fingerprint density at radius 2 is 2.07 bits per heavy atom. The number of terminal acetylenes is 1. The molecule has 0 spiro atoms. The van der Waals surface area contributed by atoms with Crippen LogP contribution in [-0.4, -0.2) is 39.8 Å². The van der Waals surface area contributed by atoms with Crippen LogP contribution >= 0.6 is 0 Å². The Bertz CT molecular complexity index is 349. The summed E-state index contributed by atoms with van der Waals surface area (Å²) in [5, 5.41) is 0. The van der Waals surface area contributed by atoms with E-state index in [4.69, 9.17) is 20.1 Å². The fraction of sp³-hybridized carbons (Fsp3) is 0.778. The molecule has 0 aliphatic carbocycles. The van der Waals surface area contributed by atoms with Crippen LogP contribution in [-0.2, 0) is 23.8 Å². The average molecular weight is 234 g/mol. The van der Waals surface area contributed by atoms with E-state index in [0.29, 0.717) is 13.2 Å². The fourth-order valence-electron chi connectivity index (χ4n) is 1.29. The third-order valence-electron chi connectivity index (χ3n) is 1.89. The molecule has 0 aromatic carbocycles. The molecule has 1 unspecified atom stereocenters. The van der Waals surface area contributed by atoms with Gasteiger partial charge in [-0.25, -0.2) is 0 Å². The maximum absolute atomic E-state index is 11.0. The molecule has 0 bridgehead atoms. The molecule has 0 amide bonds. The average Bonchev–Trinajstić information content (AvgIpc) is 2.53. The molecule has 1 fully saturated rings. The summed E-state index contributed by atoms with van der Waals surface area (Å²) in [6.45, 7) is 2.49. The van der Waals surface area contributed by atoms with Gasteiger partial charge in [0.05, 0.1) is 19.5 Å². The molecule has 1 aliphatic heterocycles. The third-order valence-corrected chi connectivity index (χ3v) is 2.56. The Labute approximate surface area is 89.8 Å². The molecule has 0 aromatic rings. The van der Waals surface area contributed by atoms with Crippen LogP contribution in [0, 0.1) is 12.3 Å². The van der Waals surface area contributed by atoms with Crippen molar-refractivity contribution >= 4 is 10.1 Å². The molecule has 0 aromatic heterocycles. The highest BCUT2D eigenvalue weighted by molar-refractivity contribution is 7.86. The van der Waals surface area contributed by atoms with Crippen molar-refractivity contribution in [3.63, 3.8) is 0 Å². The van der Waals surface area contributed by atoms with E-state index in [2.05, 4.69) is 5.92 Å². The van der Waals surface area contributed by atoms with E-state index >= 15 is 0 Å². The molecule has 0 saturated carbocycles. The molecule has 1 aliphatic rings. The first-order valence-corrected chi connectivity index (χ1v) is 6.28. The smallest absolute Gasteiger partial charge is 0.265 e. The van der Waals surface area contributed by atoms with Crippen molar-refractivity contribution in [2.75, 3.05) is 19.5 Å². The van der Waals surface area contributed by atoms with Crippen molar-refractivity contribution in [1.29, 1.82) is 0 Å². The van der Waals surface area contributed by atoms with Crippen molar-refractivity contribution < 1.29 is 22.1 Å². The van der Waals surface area contributed by atoms with E-state index in [1.54, 1.807) is 0 Å². The lowest BCUT2D eigenvalue weighted by Crippen LogP contribution is -2.34. The number of hydrogen-bond donors (Lipinski definition) is 0. The largest absolute Gasteiger partial charge is 0.350 e. The van der Waals surface area contributed by atoms with Gasteiger partial charge in [0.1, 0.15) is 5.60 Å². The second-order valence-electron chi connectivity index (χ2n) is 3.54. The molecule has 5 nitrogen and oxygen atoms in total.